The maximum Gasteiger partial charge on any atom is 0.270 e. The average Bonchev–Trinajstić information content (AvgIpc) is 3.23. The molecule has 1 aliphatic rings. The van der Waals surface area contributed by atoms with Crippen molar-refractivity contribution in [3.63, 3.8) is 0 Å². The maximum absolute atomic E-state index is 13.1. The van der Waals surface area contributed by atoms with E-state index in [0.29, 0.717) is 34.8 Å². The zero-order valence-electron chi connectivity index (χ0n) is 21.9. The van der Waals surface area contributed by atoms with Gasteiger partial charge in [-0.05, 0) is 50.0 Å². The van der Waals surface area contributed by atoms with E-state index in [0.717, 1.165) is 17.8 Å². The lowest BCUT2D eigenvalue weighted by molar-refractivity contribution is -0.384. The molecule has 1 aliphatic heterocycles. The number of hydrogen-bond acceptors (Lipinski definition) is 6. The van der Waals surface area contributed by atoms with E-state index < -0.39 is 4.92 Å². The van der Waals surface area contributed by atoms with E-state index >= 15 is 0 Å². The Bertz CT molecular complexity index is 1380. The van der Waals surface area contributed by atoms with Crippen LogP contribution in [0.25, 0.3) is 11.3 Å². The Morgan fingerprint density at radius 3 is 2.29 bits per heavy atom. The number of anilines is 3. The molecule has 2 amide bonds. The molecule has 0 aliphatic carbocycles. The summed E-state index contributed by atoms with van der Waals surface area (Å²) in [6, 6.07) is 21.1. The molecule has 0 bridgehead atoms. The van der Waals surface area contributed by atoms with Crippen LogP contribution < -0.4 is 15.5 Å². The molecule has 9 heteroatoms. The molecule has 0 saturated carbocycles. The highest BCUT2D eigenvalue weighted by Crippen LogP contribution is 2.39. The number of non-ortho nitro benzene ring substituents is 1. The second-order valence-corrected chi connectivity index (χ2v) is 9.68. The van der Waals surface area contributed by atoms with Crippen LogP contribution in [-0.4, -0.2) is 48.8 Å². The molecule has 0 aromatic heterocycles. The molecule has 196 valence electrons. The quantitative estimate of drug-likeness (QED) is 0.235. The third-order valence-electron chi connectivity index (χ3n) is 6.25. The largest absolute Gasteiger partial charge is 0.354 e. The number of likely N-dealkylation sites (N-methyl/N-ethyl adjacent to an activating group) is 1. The molecule has 0 spiro atoms. The number of hydrogen-bond donors (Lipinski definition) is 2. The third-order valence-corrected chi connectivity index (χ3v) is 6.25. The summed E-state index contributed by atoms with van der Waals surface area (Å²) < 4.78 is 0. The van der Waals surface area contributed by atoms with Gasteiger partial charge in [-0.15, -0.1) is 0 Å². The summed E-state index contributed by atoms with van der Waals surface area (Å²) >= 11 is 0. The summed E-state index contributed by atoms with van der Waals surface area (Å²) in [7, 11) is 3.94. The first-order valence-corrected chi connectivity index (χ1v) is 12.4. The van der Waals surface area contributed by atoms with E-state index in [-0.39, 0.29) is 23.4 Å². The highest BCUT2D eigenvalue weighted by molar-refractivity contribution is 6.37. The van der Waals surface area contributed by atoms with Gasteiger partial charge in [-0.2, -0.15) is 0 Å². The van der Waals surface area contributed by atoms with Crippen LogP contribution in [-0.2, 0) is 9.59 Å². The second-order valence-electron chi connectivity index (χ2n) is 9.68. The number of amides is 2. The topological polar surface area (TPSA) is 108 Å². The number of nitro benzene ring substituents is 1. The number of benzene rings is 3. The number of nitrogens with zero attached hydrogens (tertiary/aromatic N) is 3. The van der Waals surface area contributed by atoms with Crippen molar-refractivity contribution in [2.24, 2.45) is 5.92 Å². The molecule has 3 aromatic rings. The fourth-order valence-electron chi connectivity index (χ4n) is 4.25. The number of carbonyl (C=O) groups excluding carboxylic acids is 2. The molecule has 0 atom stereocenters. The van der Waals surface area contributed by atoms with Crippen LogP contribution in [0.4, 0.5) is 22.7 Å². The zero-order chi connectivity index (χ0) is 27.4. The van der Waals surface area contributed by atoms with Gasteiger partial charge in [0.15, 0.2) is 0 Å². The van der Waals surface area contributed by atoms with Gasteiger partial charge < -0.3 is 20.4 Å². The van der Waals surface area contributed by atoms with E-state index in [1.165, 1.54) is 12.1 Å². The van der Waals surface area contributed by atoms with Crippen LogP contribution in [0.15, 0.2) is 72.8 Å². The van der Waals surface area contributed by atoms with Gasteiger partial charge in [0.25, 0.3) is 11.6 Å². The van der Waals surface area contributed by atoms with Crippen molar-refractivity contribution in [3.8, 4) is 0 Å². The minimum absolute atomic E-state index is 0.0421. The minimum atomic E-state index is -0.477. The van der Waals surface area contributed by atoms with E-state index in [9.17, 15) is 19.7 Å². The van der Waals surface area contributed by atoms with Gasteiger partial charge in [0.05, 0.1) is 16.2 Å². The smallest absolute Gasteiger partial charge is 0.270 e. The number of carbonyl (C=O) groups is 2. The predicted molar refractivity (Wildman–Crippen MR) is 151 cm³/mol. The van der Waals surface area contributed by atoms with Crippen LogP contribution in [0.5, 0.6) is 0 Å². The Morgan fingerprint density at radius 2 is 1.68 bits per heavy atom. The molecule has 0 radical (unpaired) electrons. The summed E-state index contributed by atoms with van der Waals surface area (Å²) in [6.45, 7) is 5.05. The molecule has 0 fully saturated rings. The van der Waals surface area contributed by atoms with Crippen LogP contribution in [0.2, 0.25) is 0 Å². The van der Waals surface area contributed by atoms with Crippen molar-refractivity contribution in [1.82, 2.24) is 4.90 Å². The van der Waals surface area contributed by atoms with Crippen LogP contribution in [0.3, 0.4) is 0 Å². The molecule has 38 heavy (non-hydrogen) atoms. The van der Waals surface area contributed by atoms with Crippen LogP contribution in [0.1, 0.15) is 25.0 Å². The number of rotatable bonds is 9. The first-order chi connectivity index (χ1) is 18.2. The predicted octanol–water partition coefficient (Wildman–Crippen LogP) is 5.08. The zero-order valence-corrected chi connectivity index (χ0v) is 21.9. The van der Waals surface area contributed by atoms with Crippen molar-refractivity contribution < 1.29 is 14.5 Å². The van der Waals surface area contributed by atoms with Crippen LogP contribution in [0, 0.1) is 16.0 Å². The van der Waals surface area contributed by atoms with Crippen molar-refractivity contribution in [2.45, 2.75) is 13.8 Å². The molecular formula is C29H31N5O4. The van der Waals surface area contributed by atoms with Gasteiger partial charge in [-0.1, -0.05) is 44.2 Å². The fraction of sp³-hybridized carbons (Fsp3) is 0.241. The summed E-state index contributed by atoms with van der Waals surface area (Å²) in [5.74, 6) is -0.448. The molecule has 3 aromatic carbocycles. The molecule has 4 rings (SSSR count). The fourth-order valence-corrected chi connectivity index (χ4v) is 4.25. The lowest BCUT2D eigenvalue weighted by Crippen LogP contribution is -2.39. The Hall–Kier alpha value is -4.50. The number of fused-ring (bicyclic) bond motifs is 1. The highest BCUT2D eigenvalue weighted by atomic mass is 16.6. The standard InChI is InChI=1S/C29H31N5O4/c1-19(2)29(36)33(17-16-32(3)4)22-12-10-21(11-13-22)30-27(20-8-6-5-7-9-20)26-24-18-23(34(37)38)14-15-25(24)31-28(26)35/h5-15,18-19,30H,16-17H2,1-4H3,(H,31,35). The first kappa shape index (κ1) is 26.6. The second kappa shape index (κ2) is 11.3. The van der Waals surface area contributed by atoms with Crippen molar-refractivity contribution >= 4 is 45.8 Å². The number of nitro groups is 1. The molecule has 9 nitrogen and oxygen atoms in total. The van der Waals surface area contributed by atoms with Crippen molar-refractivity contribution in [1.29, 1.82) is 0 Å². The first-order valence-electron chi connectivity index (χ1n) is 12.4. The summed E-state index contributed by atoms with van der Waals surface area (Å²) in [4.78, 5) is 40.8. The van der Waals surface area contributed by atoms with E-state index in [4.69, 9.17) is 0 Å². The van der Waals surface area contributed by atoms with E-state index in [1.807, 2.05) is 87.4 Å². The monoisotopic (exact) mass is 513 g/mol. The third kappa shape index (κ3) is 5.73. The van der Waals surface area contributed by atoms with Gasteiger partial charge >= 0.3 is 0 Å². The Balaban J connectivity index is 1.74. The summed E-state index contributed by atoms with van der Waals surface area (Å²) in [6.07, 6.45) is 0. The Morgan fingerprint density at radius 1 is 1.00 bits per heavy atom. The minimum Gasteiger partial charge on any atom is -0.354 e. The summed E-state index contributed by atoms with van der Waals surface area (Å²) in [5.41, 5.74) is 3.97. The van der Waals surface area contributed by atoms with Gasteiger partial charge in [0.1, 0.15) is 0 Å². The van der Waals surface area contributed by atoms with E-state index in [2.05, 4.69) is 10.6 Å². The van der Waals surface area contributed by atoms with Gasteiger partial charge in [-0.25, -0.2) is 0 Å². The number of nitrogens with one attached hydrogen (secondary N) is 2. The Labute approximate surface area is 221 Å². The molecule has 1 heterocycles. The lowest BCUT2D eigenvalue weighted by Gasteiger charge is -2.26. The lowest BCUT2D eigenvalue weighted by atomic mass is 9.99. The van der Waals surface area contributed by atoms with Crippen LogP contribution >= 0.6 is 0 Å². The normalized spacial score (nSPS) is 13.8. The molecule has 0 saturated heterocycles. The van der Waals surface area contributed by atoms with Gasteiger partial charge in [-0.3, -0.25) is 19.7 Å². The average molecular weight is 514 g/mol. The molecule has 2 N–H and O–H groups in total. The van der Waals surface area contributed by atoms with Gasteiger partial charge in [0.2, 0.25) is 5.91 Å². The van der Waals surface area contributed by atoms with Gasteiger partial charge in [0, 0.05) is 53.8 Å². The Kier molecular flexibility index (Phi) is 7.87. The maximum atomic E-state index is 13.1. The molecular weight excluding hydrogens is 482 g/mol. The highest BCUT2D eigenvalue weighted by Gasteiger charge is 2.30. The van der Waals surface area contributed by atoms with Crippen molar-refractivity contribution in [2.75, 3.05) is 42.7 Å². The molecule has 0 unspecified atom stereocenters. The summed E-state index contributed by atoms with van der Waals surface area (Å²) in [5, 5.41) is 17.6. The van der Waals surface area contributed by atoms with Crippen molar-refractivity contribution in [3.05, 3.63) is 94.0 Å². The van der Waals surface area contributed by atoms with E-state index in [1.54, 1.807) is 11.0 Å². The SMILES string of the molecule is CC(C)C(=O)N(CCN(C)C)c1ccc(NC(=C2C(=O)Nc3ccc([N+](=O)[O-])cc32)c2ccccc2)cc1.